The first-order valence-corrected chi connectivity index (χ1v) is 12.6. The highest BCUT2D eigenvalue weighted by Gasteiger charge is 2.39. The van der Waals surface area contributed by atoms with Crippen molar-refractivity contribution in [2.75, 3.05) is 6.54 Å². The topological polar surface area (TPSA) is 58.6 Å². The van der Waals surface area contributed by atoms with Crippen LogP contribution in [0, 0.1) is 5.92 Å². The molecule has 180 valence electrons. The number of nitrogens with one attached hydrogen (secondary N) is 1. The summed E-state index contributed by atoms with van der Waals surface area (Å²) >= 11 is 0. The number of fused-ring (bicyclic) bond motifs is 1. The average molecular weight is 469 g/mol. The van der Waals surface area contributed by atoms with E-state index in [1.165, 1.54) is 5.56 Å². The van der Waals surface area contributed by atoms with Gasteiger partial charge in [-0.1, -0.05) is 73.7 Å². The lowest BCUT2D eigenvalue weighted by Gasteiger charge is -2.38. The quantitative estimate of drug-likeness (QED) is 0.504. The van der Waals surface area contributed by atoms with Crippen molar-refractivity contribution >= 4 is 11.8 Å². The molecular weight excluding hydrogens is 436 g/mol. The Labute approximate surface area is 207 Å². The Kier molecular flexibility index (Phi) is 6.84. The monoisotopic (exact) mass is 468 g/mol. The predicted molar refractivity (Wildman–Crippen MR) is 136 cm³/mol. The van der Waals surface area contributed by atoms with Gasteiger partial charge in [0.15, 0.2) is 6.10 Å². The minimum Gasteiger partial charge on any atom is -0.481 e. The maximum atomic E-state index is 13.2. The number of rotatable bonds is 8. The molecule has 0 radical (unpaired) electrons. The van der Waals surface area contributed by atoms with Gasteiger partial charge >= 0.3 is 0 Å². The van der Waals surface area contributed by atoms with Crippen LogP contribution in [0.4, 0.5) is 0 Å². The Morgan fingerprint density at radius 3 is 2.40 bits per heavy atom. The second kappa shape index (κ2) is 10.3. The molecule has 1 heterocycles. The van der Waals surface area contributed by atoms with Gasteiger partial charge in [-0.25, -0.2) is 0 Å². The fraction of sp³-hybridized carbons (Fsp3) is 0.333. The van der Waals surface area contributed by atoms with Crippen molar-refractivity contribution in [3.05, 3.63) is 101 Å². The van der Waals surface area contributed by atoms with Crippen molar-refractivity contribution < 1.29 is 14.3 Å². The Hall–Kier alpha value is -3.60. The van der Waals surface area contributed by atoms with Crippen LogP contribution in [-0.4, -0.2) is 29.4 Å². The van der Waals surface area contributed by atoms with Crippen LogP contribution < -0.4 is 10.1 Å². The molecule has 0 spiro atoms. The van der Waals surface area contributed by atoms with E-state index in [9.17, 15) is 9.59 Å². The fourth-order valence-electron chi connectivity index (χ4n) is 4.85. The maximum absolute atomic E-state index is 13.2. The molecule has 1 aliphatic carbocycles. The van der Waals surface area contributed by atoms with Crippen molar-refractivity contribution in [3.8, 4) is 5.75 Å². The first-order chi connectivity index (χ1) is 17.1. The zero-order valence-corrected chi connectivity index (χ0v) is 20.2. The van der Waals surface area contributed by atoms with Gasteiger partial charge in [-0.05, 0) is 60.1 Å². The van der Waals surface area contributed by atoms with E-state index in [0.29, 0.717) is 18.7 Å². The minimum absolute atomic E-state index is 0.126. The Morgan fingerprint density at radius 1 is 1.00 bits per heavy atom. The summed E-state index contributed by atoms with van der Waals surface area (Å²) in [5.41, 5.74) is 4.48. The lowest BCUT2D eigenvalue weighted by atomic mass is 9.87. The number of amides is 2. The van der Waals surface area contributed by atoms with Gasteiger partial charge in [-0.2, -0.15) is 0 Å². The van der Waals surface area contributed by atoms with E-state index in [0.717, 1.165) is 42.5 Å². The van der Waals surface area contributed by atoms with E-state index in [1.807, 2.05) is 72.5 Å². The fourth-order valence-corrected chi connectivity index (χ4v) is 4.85. The molecule has 3 aromatic carbocycles. The van der Waals surface area contributed by atoms with Crippen molar-refractivity contribution in [2.45, 2.75) is 51.3 Å². The molecule has 5 rings (SSSR count). The largest absolute Gasteiger partial charge is 0.481 e. The lowest BCUT2D eigenvalue weighted by molar-refractivity contribution is -0.134. The molecule has 0 saturated heterocycles. The molecule has 3 aromatic rings. The molecule has 35 heavy (non-hydrogen) atoms. The minimum atomic E-state index is -0.584. The van der Waals surface area contributed by atoms with E-state index >= 15 is 0 Å². The highest BCUT2D eigenvalue weighted by atomic mass is 16.5. The van der Waals surface area contributed by atoms with Gasteiger partial charge in [0.1, 0.15) is 5.75 Å². The smallest absolute Gasteiger partial charge is 0.261 e. The standard InChI is InChI=1S/C30H32N2O3/c1-2-27(29(33)31-20-21-9-5-3-6-10-21)35-25-16-15-22-17-18-32(30(34)24-13-14-24)28(26(22)19-25)23-11-7-4-8-12-23/h3-12,15-16,19,24,27-28H,2,13-14,17-18,20H2,1H3,(H,31,33). The van der Waals surface area contributed by atoms with Crippen LogP contribution in [-0.2, 0) is 22.6 Å². The zero-order chi connectivity index (χ0) is 24.2. The van der Waals surface area contributed by atoms with Crippen LogP contribution in [0.5, 0.6) is 5.75 Å². The summed E-state index contributed by atoms with van der Waals surface area (Å²) in [6, 6.07) is 26.0. The third kappa shape index (κ3) is 5.24. The molecule has 1 N–H and O–H groups in total. The number of carbonyl (C=O) groups is 2. The highest BCUT2D eigenvalue weighted by Crippen LogP contribution is 2.41. The first-order valence-electron chi connectivity index (χ1n) is 12.6. The predicted octanol–water partition coefficient (Wildman–Crippen LogP) is 5.04. The third-order valence-corrected chi connectivity index (χ3v) is 6.92. The number of hydrogen-bond donors (Lipinski definition) is 1. The summed E-state index contributed by atoms with van der Waals surface area (Å²) < 4.78 is 6.20. The molecule has 2 unspecified atom stereocenters. The summed E-state index contributed by atoms with van der Waals surface area (Å²) in [7, 11) is 0. The van der Waals surface area contributed by atoms with Crippen LogP contribution in [0.3, 0.4) is 0 Å². The Morgan fingerprint density at radius 2 is 1.71 bits per heavy atom. The van der Waals surface area contributed by atoms with Crippen LogP contribution in [0.15, 0.2) is 78.9 Å². The van der Waals surface area contributed by atoms with Gasteiger partial charge in [0.05, 0.1) is 6.04 Å². The zero-order valence-electron chi connectivity index (χ0n) is 20.2. The van der Waals surface area contributed by atoms with Crippen LogP contribution >= 0.6 is 0 Å². The summed E-state index contributed by atoms with van der Waals surface area (Å²) in [6.45, 7) is 3.15. The van der Waals surface area contributed by atoms with Gasteiger partial charge in [-0.3, -0.25) is 9.59 Å². The van der Waals surface area contributed by atoms with Crippen molar-refractivity contribution in [1.82, 2.24) is 10.2 Å². The van der Waals surface area contributed by atoms with Gasteiger partial charge in [-0.15, -0.1) is 0 Å². The summed E-state index contributed by atoms with van der Waals surface area (Å²) in [5.74, 6) is 0.953. The van der Waals surface area contributed by atoms with Crippen LogP contribution in [0.25, 0.3) is 0 Å². The molecule has 5 nitrogen and oxygen atoms in total. The molecule has 1 aliphatic heterocycles. The van der Waals surface area contributed by atoms with Crippen LogP contribution in [0.1, 0.15) is 54.5 Å². The Bertz CT molecular complexity index is 1170. The summed E-state index contributed by atoms with van der Waals surface area (Å²) in [5, 5.41) is 2.99. The number of nitrogens with zero attached hydrogens (tertiary/aromatic N) is 1. The van der Waals surface area contributed by atoms with E-state index in [-0.39, 0.29) is 23.8 Å². The average Bonchev–Trinajstić information content (AvgIpc) is 3.76. The molecule has 0 bridgehead atoms. The molecule has 5 heteroatoms. The molecule has 2 aliphatic rings. The summed E-state index contributed by atoms with van der Waals surface area (Å²) in [4.78, 5) is 28.1. The van der Waals surface area contributed by atoms with E-state index in [4.69, 9.17) is 4.74 Å². The van der Waals surface area contributed by atoms with Crippen molar-refractivity contribution in [2.24, 2.45) is 5.92 Å². The highest BCUT2D eigenvalue weighted by molar-refractivity contribution is 5.82. The van der Waals surface area contributed by atoms with Gasteiger partial charge in [0.25, 0.3) is 5.91 Å². The lowest BCUT2D eigenvalue weighted by Crippen LogP contribution is -2.41. The summed E-state index contributed by atoms with van der Waals surface area (Å²) in [6.07, 6.45) is 2.78. The second-order valence-corrected chi connectivity index (χ2v) is 9.45. The van der Waals surface area contributed by atoms with Gasteiger partial charge in [0.2, 0.25) is 5.91 Å². The number of benzene rings is 3. The number of hydrogen-bond acceptors (Lipinski definition) is 3. The third-order valence-electron chi connectivity index (χ3n) is 6.92. The van der Waals surface area contributed by atoms with E-state index in [1.54, 1.807) is 0 Å². The van der Waals surface area contributed by atoms with E-state index in [2.05, 4.69) is 23.5 Å². The number of ether oxygens (including phenoxy) is 1. The SMILES string of the molecule is CCC(Oc1ccc2c(c1)C(c1ccccc1)N(C(=O)C1CC1)CC2)C(=O)NCc1ccccc1. The second-order valence-electron chi connectivity index (χ2n) is 9.45. The van der Waals surface area contributed by atoms with Crippen molar-refractivity contribution in [1.29, 1.82) is 0 Å². The molecule has 1 saturated carbocycles. The van der Waals surface area contributed by atoms with Crippen molar-refractivity contribution in [3.63, 3.8) is 0 Å². The number of carbonyl (C=O) groups excluding carboxylic acids is 2. The molecule has 2 amide bonds. The van der Waals surface area contributed by atoms with Crippen LogP contribution in [0.2, 0.25) is 0 Å². The maximum Gasteiger partial charge on any atom is 0.261 e. The molecular formula is C30H32N2O3. The first kappa shape index (κ1) is 23.2. The molecule has 2 atom stereocenters. The Balaban J connectivity index is 1.37. The molecule has 0 aromatic heterocycles. The normalized spacial score (nSPS) is 17.9. The van der Waals surface area contributed by atoms with Gasteiger partial charge in [0, 0.05) is 19.0 Å². The van der Waals surface area contributed by atoms with Gasteiger partial charge < -0.3 is 15.0 Å². The van der Waals surface area contributed by atoms with E-state index < -0.39 is 6.10 Å². The molecule has 1 fully saturated rings.